The van der Waals surface area contributed by atoms with Gasteiger partial charge in [-0.2, -0.15) is 13.5 Å². The van der Waals surface area contributed by atoms with Gasteiger partial charge in [-0.25, -0.2) is 9.78 Å². The molecule has 1 fully saturated rings. The number of hydroxylamine groups is 2. The van der Waals surface area contributed by atoms with Crippen molar-refractivity contribution in [2.24, 2.45) is 15.9 Å². The molecule has 1 saturated heterocycles. The number of carboxylic acid groups (broad SMARTS) is 1. The number of aliphatic imine (C=N–C) groups is 1. The normalized spacial score (nSPS) is 24.4. The van der Waals surface area contributed by atoms with Crippen molar-refractivity contribution in [1.82, 2.24) is 20.7 Å². The summed E-state index contributed by atoms with van der Waals surface area (Å²) in [5.74, 6) is -2.21. The van der Waals surface area contributed by atoms with Crippen LogP contribution in [-0.2, 0) is 40.3 Å². The van der Waals surface area contributed by atoms with Crippen LogP contribution in [0.25, 0.3) is 0 Å². The summed E-state index contributed by atoms with van der Waals surface area (Å²) in [4.78, 5) is 53.1. The summed E-state index contributed by atoms with van der Waals surface area (Å²) in [5, 5.41) is 21.9. The Morgan fingerprint density at radius 3 is 2.67 bits per heavy atom. The number of thiazole rings is 1. The van der Waals surface area contributed by atoms with Crippen LogP contribution in [-0.4, -0.2) is 99.4 Å². The number of nitrogens with zero attached hydrogens (tertiary/aromatic N) is 4. The number of ether oxygens (including phenoxy) is 1. The van der Waals surface area contributed by atoms with Gasteiger partial charge in [0, 0.05) is 10.9 Å². The first-order chi connectivity index (χ1) is 22.9. The molecule has 20 heteroatoms. The standard InChI is InChI=1S/C29H38N8O10S2/c1-27(2)21(24(39)37(27)47-49(42,43)44)34-23(38)20(17-13-48-26(31)33-17)36-46-29(4,25(40)41)19-9-7-15-12-16(6-8-18(15)45-19)22-32-14-28(3,35-22)10-5-11-30/h6,8,12-13,19,21H,5,7,9-11,14,30H2,1-4H3,(H2,31,33)(H,32,35)(H,34,38)(H,40,41)(H,42,43,44)/b36-20-/t19-,21-,28-,29+/m1/s1. The van der Waals surface area contributed by atoms with Gasteiger partial charge in [0.05, 0.1) is 17.6 Å². The highest BCUT2D eigenvalue weighted by Gasteiger charge is 2.58. The van der Waals surface area contributed by atoms with Gasteiger partial charge in [0.25, 0.3) is 17.4 Å². The first-order valence-corrected chi connectivity index (χ1v) is 17.5. The number of amides is 2. The molecule has 4 heterocycles. The fourth-order valence-corrected chi connectivity index (χ4v) is 6.74. The zero-order valence-electron chi connectivity index (χ0n) is 27.1. The minimum absolute atomic E-state index is 0.0646. The van der Waals surface area contributed by atoms with Crippen molar-refractivity contribution < 1.29 is 46.3 Å². The van der Waals surface area contributed by atoms with Crippen LogP contribution < -0.4 is 26.8 Å². The second kappa shape index (κ2) is 13.2. The van der Waals surface area contributed by atoms with Crippen molar-refractivity contribution >= 4 is 56.2 Å². The van der Waals surface area contributed by atoms with E-state index in [0.29, 0.717) is 30.3 Å². The van der Waals surface area contributed by atoms with E-state index >= 15 is 0 Å². The first-order valence-electron chi connectivity index (χ1n) is 15.2. The van der Waals surface area contributed by atoms with E-state index in [1.165, 1.54) is 26.2 Å². The number of β-lactam (4-membered cyclic amide) rings is 1. The number of nitrogen functional groups attached to an aromatic ring is 1. The molecule has 1 aromatic heterocycles. The van der Waals surface area contributed by atoms with E-state index in [-0.39, 0.29) is 22.8 Å². The van der Waals surface area contributed by atoms with Crippen LogP contribution in [0.15, 0.2) is 33.7 Å². The summed E-state index contributed by atoms with van der Waals surface area (Å²) in [5.41, 5.74) is 8.87. The fourth-order valence-electron chi connectivity index (χ4n) is 5.74. The van der Waals surface area contributed by atoms with Gasteiger partial charge in [-0.05, 0) is 83.7 Å². The number of rotatable bonds is 13. The molecule has 1 aromatic carbocycles. The Balaban J connectivity index is 1.34. The highest BCUT2D eigenvalue weighted by Crippen LogP contribution is 2.36. The Bertz CT molecular complexity index is 1830. The number of nitrogens with one attached hydrogen (secondary N) is 2. The number of amidine groups is 1. The van der Waals surface area contributed by atoms with Crippen LogP contribution in [0.3, 0.4) is 0 Å². The van der Waals surface area contributed by atoms with E-state index in [4.69, 9.17) is 25.6 Å². The third-order valence-corrected chi connectivity index (χ3v) is 9.70. The molecule has 2 aromatic rings. The lowest BCUT2D eigenvalue weighted by Gasteiger charge is -2.50. The van der Waals surface area contributed by atoms with Gasteiger partial charge >= 0.3 is 16.4 Å². The molecule has 0 bridgehead atoms. The van der Waals surface area contributed by atoms with Gasteiger partial charge < -0.3 is 36.8 Å². The van der Waals surface area contributed by atoms with Crippen LogP contribution in [0.1, 0.15) is 63.8 Å². The molecule has 266 valence electrons. The number of aryl methyl sites for hydroxylation is 1. The molecule has 3 aliphatic rings. The number of carboxylic acids is 1. The lowest BCUT2D eigenvalue weighted by Crippen LogP contribution is -2.76. The molecule has 8 N–H and O–H groups in total. The number of oxime groups is 1. The monoisotopic (exact) mass is 722 g/mol. The van der Waals surface area contributed by atoms with Gasteiger partial charge in [0.2, 0.25) is 0 Å². The van der Waals surface area contributed by atoms with E-state index < -0.39 is 57.2 Å². The fraction of sp³-hybridized carbons (Fsp3) is 0.517. The molecule has 2 amide bonds. The zero-order valence-corrected chi connectivity index (χ0v) is 28.8. The van der Waals surface area contributed by atoms with Gasteiger partial charge in [-0.3, -0.25) is 19.1 Å². The van der Waals surface area contributed by atoms with Crippen molar-refractivity contribution in [1.29, 1.82) is 0 Å². The molecule has 18 nitrogen and oxygen atoms in total. The number of carbonyl (C=O) groups excluding carboxylic acids is 2. The lowest BCUT2D eigenvalue weighted by atomic mass is 9.84. The number of aromatic nitrogens is 1. The van der Waals surface area contributed by atoms with Crippen LogP contribution in [0, 0.1) is 0 Å². The molecule has 0 radical (unpaired) electrons. The topological polar surface area (TPSA) is 270 Å². The number of benzene rings is 1. The summed E-state index contributed by atoms with van der Waals surface area (Å²) in [6, 6.07) is 4.19. The van der Waals surface area contributed by atoms with Crippen molar-refractivity contribution in [3.63, 3.8) is 0 Å². The quantitative estimate of drug-likeness (QED) is 0.0706. The largest absolute Gasteiger partial charge is 0.485 e. The van der Waals surface area contributed by atoms with Crippen molar-refractivity contribution in [2.75, 3.05) is 18.8 Å². The molecular weight excluding hydrogens is 684 g/mol. The first kappa shape index (κ1) is 35.9. The Kier molecular flexibility index (Phi) is 9.65. The van der Waals surface area contributed by atoms with E-state index in [9.17, 15) is 27.9 Å². The van der Waals surface area contributed by atoms with Gasteiger partial charge in [0.15, 0.2) is 16.9 Å². The van der Waals surface area contributed by atoms with E-state index in [1.54, 1.807) is 6.07 Å². The average Bonchev–Trinajstić information content (AvgIpc) is 3.65. The Morgan fingerprint density at radius 1 is 1.33 bits per heavy atom. The highest BCUT2D eigenvalue weighted by atomic mass is 32.3. The minimum atomic E-state index is -5.03. The Morgan fingerprint density at radius 2 is 2.06 bits per heavy atom. The summed E-state index contributed by atoms with van der Waals surface area (Å²) < 4.78 is 41.8. The second-order valence-corrected chi connectivity index (χ2v) is 14.8. The average molecular weight is 723 g/mol. The highest BCUT2D eigenvalue weighted by molar-refractivity contribution is 7.80. The van der Waals surface area contributed by atoms with Gasteiger partial charge in [-0.15, -0.1) is 15.6 Å². The van der Waals surface area contributed by atoms with Crippen LogP contribution >= 0.6 is 11.3 Å². The van der Waals surface area contributed by atoms with Crippen LogP contribution in [0.4, 0.5) is 5.13 Å². The Hall–Kier alpha value is -4.37. The van der Waals surface area contributed by atoms with Gasteiger partial charge in [0.1, 0.15) is 23.3 Å². The SMILES string of the molecule is CC1(C)[C@H](NC(=O)/C(=N\O[C@](C)(C(=O)O)[C@H]2CCc3cc(C4=NC[C@@](C)(CCCN)N4)ccc3O2)c2csc(N)n2)C(=O)N1OS(=O)(=O)O. The molecule has 0 saturated carbocycles. The summed E-state index contributed by atoms with van der Waals surface area (Å²) in [6.45, 7) is 7.33. The number of fused-ring (bicyclic) bond motifs is 1. The smallest absolute Gasteiger partial charge is 0.418 e. The number of carbonyl (C=O) groups is 3. The van der Waals surface area contributed by atoms with E-state index in [2.05, 4.69) is 37.0 Å². The maximum absolute atomic E-state index is 13.5. The lowest BCUT2D eigenvalue weighted by molar-refractivity contribution is -0.218. The Labute approximate surface area is 285 Å². The molecule has 4 atom stereocenters. The van der Waals surface area contributed by atoms with Crippen LogP contribution in [0.2, 0.25) is 0 Å². The zero-order chi connectivity index (χ0) is 35.9. The molecule has 0 spiro atoms. The second-order valence-electron chi connectivity index (χ2n) is 12.9. The third kappa shape index (κ3) is 7.32. The number of hydrogen-bond acceptors (Lipinski definition) is 15. The summed E-state index contributed by atoms with van der Waals surface area (Å²) in [7, 11) is -5.03. The predicted molar refractivity (Wildman–Crippen MR) is 176 cm³/mol. The molecule has 5 rings (SSSR count). The summed E-state index contributed by atoms with van der Waals surface area (Å²) in [6.07, 6.45) is 1.37. The number of anilines is 1. The van der Waals surface area contributed by atoms with Crippen LogP contribution in [0.5, 0.6) is 5.75 Å². The maximum atomic E-state index is 13.5. The van der Waals surface area contributed by atoms with E-state index in [0.717, 1.165) is 41.1 Å². The minimum Gasteiger partial charge on any atom is -0.485 e. The van der Waals surface area contributed by atoms with E-state index in [1.807, 2.05) is 12.1 Å². The summed E-state index contributed by atoms with van der Waals surface area (Å²) >= 11 is 0.971. The predicted octanol–water partition coefficient (Wildman–Crippen LogP) is 0.371. The molecular formula is C29H38N8O10S2. The molecule has 3 aliphatic heterocycles. The van der Waals surface area contributed by atoms with Gasteiger partial charge in [-0.1, -0.05) is 5.16 Å². The number of aliphatic carboxylic acids is 1. The number of nitrogens with two attached hydrogens (primary N) is 2. The van der Waals surface area contributed by atoms with Crippen molar-refractivity contribution in [3.8, 4) is 5.75 Å². The molecule has 49 heavy (non-hydrogen) atoms. The molecule has 0 aliphatic carbocycles. The molecule has 0 unspecified atom stereocenters. The number of hydrogen-bond donors (Lipinski definition) is 6. The van der Waals surface area contributed by atoms with Crippen molar-refractivity contribution in [3.05, 3.63) is 40.4 Å². The van der Waals surface area contributed by atoms with Crippen molar-refractivity contribution in [2.45, 2.75) is 82.2 Å². The maximum Gasteiger partial charge on any atom is 0.418 e. The third-order valence-electron chi connectivity index (χ3n) is 8.68.